The number of aromatic nitrogens is 3. The Morgan fingerprint density at radius 3 is 3.00 bits per heavy atom. The van der Waals surface area contributed by atoms with E-state index in [1.807, 2.05) is 28.9 Å². The van der Waals surface area contributed by atoms with Crippen LogP contribution in [0.25, 0.3) is 0 Å². The van der Waals surface area contributed by atoms with Crippen LogP contribution in [0.5, 0.6) is 0 Å². The van der Waals surface area contributed by atoms with Crippen LogP contribution < -0.4 is 9.80 Å². The lowest BCUT2D eigenvalue weighted by Gasteiger charge is -2.15. The van der Waals surface area contributed by atoms with Crippen molar-refractivity contribution < 1.29 is 4.79 Å². The highest BCUT2D eigenvalue weighted by atomic mass is 32.1. The average Bonchev–Trinajstić information content (AvgIpc) is 3.23. The third-order valence-electron chi connectivity index (χ3n) is 4.39. The van der Waals surface area contributed by atoms with Gasteiger partial charge < -0.3 is 9.80 Å². The zero-order valence-electron chi connectivity index (χ0n) is 12.6. The second kappa shape index (κ2) is 5.39. The minimum absolute atomic E-state index is 0.214. The molecule has 0 saturated carbocycles. The predicted octanol–water partition coefficient (Wildman–Crippen LogP) is 2.23. The average molecular weight is 317 g/mol. The molecule has 2 aromatic heterocycles. The summed E-state index contributed by atoms with van der Waals surface area (Å²) in [6, 6.07) is 0.357. The second-order valence-electron chi connectivity index (χ2n) is 5.99. The molecule has 22 heavy (non-hydrogen) atoms. The number of hydrogen-bond acceptors (Lipinski definition) is 5. The molecule has 1 amide bonds. The lowest BCUT2D eigenvalue weighted by molar-refractivity contribution is -0.117. The Hall–Kier alpha value is -1.89. The van der Waals surface area contributed by atoms with Crippen molar-refractivity contribution in [3.05, 3.63) is 23.5 Å². The minimum atomic E-state index is 0.214. The van der Waals surface area contributed by atoms with Crippen molar-refractivity contribution in [1.82, 2.24) is 14.8 Å². The fourth-order valence-corrected chi connectivity index (χ4v) is 4.05. The standard InChI is InChI=1S/C15H19N5OS/c1-11-10-22-15(17-11)18-6-4-12(8-18)20-9-13(7-16-20)19-5-2-3-14(19)21/h7,9-10,12H,2-6,8H2,1H3. The van der Waals surface area contributed by atoms with Crippen molar-refractivity contribution in [2.24, 2.45) is 0 Å². The molecule has 1 atom stereocenters. The van der Waals surface area contributed by atoms with Crippen LogP contribution in [-0.4, -0.2) is 40.3 Å². The quantitative estimate of drug-likeness (QED) is 0.871. The number of carbonyl (C=O) groups excluding carboxylic acids is 1. The monoisotopic (exact) mass is 317 g/mol. The SMILES string of the molecule is Cc1csc(N2CCC(n3cc(N4CCCC4=O)cn3)C2)n1. The van der Waals surface area contributed by atoms with Crippen LogP contribution in [0.15, 0.2) is 17.8 Å². The van der Waals surface area contributed by atoms with Gasteiger partial charge in [0.05, 0.1) is 23.6 Å². The van der Waals surface area contributed by atoms with Gasteiger partial charge in [0.2, 0.25) is 5.91 Å². The maximum absolute atomic E-state index is 11.8. The van der Waals surface area contributed by atoms with E-state index >= 15 is 0 Å². The van der Waals surface area contributed by atoms with Gasteiger partial charge in [0.25, 0.3) is 0 Å². The summed E-state index contributed by atoms with van der Waals surface area (Å²) in [5, 5.41) is 7.68. The molecule has 2 saturated heterocycles. The van der Waals surface area contributed by atoms with Gasteiger partial charge >= 0.3 is 0 Å². The van der Waals surface area contributed by atoms with Crippen LogP contribution in [0.1, 0.15) is 31.0 Å². The molecule has 2 aliphatic heterocycles. The number of carbonyl (C=O) groups is 1. The molecule has 0 aliphatic carbocycles. The first-order chi connectivity index (χ1) is 10.7. The van der Waals surface area contributed by atoms with E-state index < -0.39 is 0 Å². The van der Waals surface area contributed by atoms with Crippen molar-refractivity contribution in [3.8, 4) is 0 Å². The van der Waals surface area contributed by atoms with Gasteiger partial charge in [-0.15, -0.1) is 11.3 Å². The molecule has 2 fully saturated rings. The van der Waals surface area contributed by atoms with Gasteiger partial charge in [-0.05, 0) is 19.8 Å². The first kappa shape index (κ1) is 13.8. The lowest BCUT2D eigenvalue weighted by atomic mass is 10.3. The Bertz CT molecular complexity index is 694. The van der Waals surface area contributed by atoms with Crippen LogP contribution in [0.3, 0.4) is 0 Å². The van der Waals surface area contributed by atoms with Gasteiger partial charge in [-0.25, -0.2) is 4.98 Å². The molecule has 0 radical (unpaired) electrons. The van der Waals surface area contributed by atoms with Gasteiger partial charge in [0, 0.05) is 37.6 Å². The molecule has 0 spiro atoms. The molecule has 4 rings (SSSR count). The summed E-state index contributed by atoms with van der Waals surface area (Å²) >= 11 is 1.70. The predicted molar refractivity (Wildman–Crippen MR) is 86.5 cm³/mol. The molecular weight excluding hydrogens is 298 g/mol. The first-order valence-corrected chi connectivity index (χ1v) is 8.60. The van der Waals surface area contributed by atoms with E-state index in [1.165, 1.54) is 0 Å². The third-order valence-corrected chi connectivity index (χ3v) is 5.41. The third kappa shape index (κ3) is 2.39. The van der Waals surface area contributed by atoms with E-state index in [9.17, 15) is 4.79 Å². The lowest BCUT2D eigenvalue weighted by Crippen LogP contribution is -2.23. The number of aryl methyl sites for hydroxylation is 1. The molecule has 1 unspecified atom stereocenters. The van der Waals surface area contributed by atoms with E-state index in [0.717, 1.165) is 49.0 Å². The van der Waals surface area contributed by atoms with Crippen LogP contribution >= 0.6 is 11.3 Å². The zero-order chi connectivity index (χ0) is 15.1. The molecule has 0 aromatic carbocycles. The Kier molecular flexibility index (Phi) is 3.37. The maximum Gasteiger partial charge on any atom is 0.227 e. The van der Waals surface area contributed by atoms with Gasteiger partial charge in [-0.1, -0.05) is 0 Å². The van der Waals surface area contributed by atoms with Gasteiger partial charge in [-0.3, -0.25) is 9.48 Å². The highest BCUT2D eigenvalue weighted by molar-refractivity contribution is 7.13. The van der Waals surface area contributed by atoms with E-state index in [0.29, 0.717) is 12.5 Å². The summed E-state index contributed by atoms with van der Waals surface area (Å²) in [6.07, 6.45) is 6.51. The summed E-state index contributed by atoms with van der Waals surface area (Å²) in [7, 11) is 0. The van der Waals surface area contributed by atoms with Crippen molar-refractivity contribution in [2.75, 3.05) is 29.4 Å². The zero-order valence-corrected chi connectivity index (χ0v) is 13.4. The smallest absolute Gasteiger partial charge is 0.227 e. The van der Waals surface area contributed by atoms with E-state index in [-0.39, 0.29) is 5.91 Å². The summed E-state index contributed by atoms with van der Waals surface area (Å²) in [6.45, 7) is 4.79. The Morgan fingerprint density at radius 2 is 2.27 bits per heavy atom. The first-order valence-electron chi connectivity index (χ1n) is 7.72. The number of rotatable bonds is 3. The van der Waals surface area contributed by atoms with Crippen LogP contribution in [0.4, 0.5) is 10.8 Å². The fraction of sp³-hybridized carbons (Fsp3) is 0.533. The summed E-state index contributed by atoms with van der Waals surface area (Å²) in [5.74, 6) is 0.214. The van der Waals surface area contributed by atoms with Crippen molar-refractivity contribution in [1.29, 1.82) is 0 Å². The molecule has 7 heteroatoms. The molecule has 116 valence electrons. The topological polar surface area (TPSA) is 54.3 Å². The van der Waals surface area contributed by atoms with Crippen molar-refractivity contribution >= 4 is 28.1 Å². The molecular formula is C15H19N5OS. The molecule has 2 aromatic rings. The largest absolute Gasteiger partial charge is 0.346 e. The highest BCUT2D eigenvalue weighted by Crippen LogP contribution is 2.30. The normalized spacial score (nSPS) is 22.0. The maximum atomic E-state index is 11.8. The van der Waals surface area contributed by atoms with Crippen LogP contribution in [0, 0.1) is 6.92 Å². The minimum Gasteiger partial charge on any atom is -0.346 e. The molecule has 2 aliphatic rings. The number of thiazole rings is 1. The van der Waals surface area contributed by atoms with E-state index in [4.69, 9.17) is 0 Å². The molecule has 6 nitrogen and oxygen atoms in total. The molecule has 0 bridgehead atoms. The van der Waals surface area contributed by atoms with Gasteiger partial charge in [0.15, 0.2) is 5.13 Å². The Balaban J connectivity index is 1.47. The molecule has 4 heterocycles. The summed E-state index contributed by atoms with van der Waals surface area (Å²) in [5.41, 5.74) is 2.02. The van der Waals surface area contributed by atoms with Crippen molar-refractivity contribution in [2.45, 2.75) is 32.2 Å². The van der Waals surface area contributed by atoms with E-state index in [2.05, 4.69) is 20.4 Å². The number of hydrogen-bond donors (Lipinski definition) is 0. The Morgan fingerprint density at radius 1 is 1.36 bits per heavy atom. The fourth-order valence-electron chi connectivity index (χ4n) is 3.21. The van der Waals surface area contributed by atoms with Gasteiger partial charge in [-0.2, -0.15) is 5.10 Å². The number of nitrogens with zero attached hydrogens (tertiary/aromatic N) is 5. The Labute approximate surface area is 133 Å². The second-order valence-corrected chi connectivity index (χ2v) is 6.82. The summed E-state index contributed by atoms with van der Waals surface area (Å²) < 4.78 is 2.02. The summed E-state index contributed by atoms with van der Waals surface area (Å²) in [4.78, 5) is 20.6. The van der Waals surface area contributed by atoms with Crippen LogP contribution in [-0.2, 0) is 4.79 Å². The number of anilines is 2. The molecule has 0 N–H and O–H groups in total. The highest BCUT2D eigenvalue weighted by Gasteiger charge is 2.28. The number of amides is 1. The van der Waals surface area contributed by atoms with E-state index in [1.54, 1.807) is 11.3 Å². The van der Waals surface area contributed by atoms with Crippen LogP contribution in [0.2, 0.25) is 0 Å². The van der Waals surface area contributed by atoms with Gasteiger partial charge in [0.1, 0.15) is 0 Å². The van der Waals surface area contributed by atoms with Crippen molar-refractivity contribution in [3.63, 3.8) is 0 Å².